The smallest absolute Gasteiger partial charge is 0.0576 e. The van der Waals surface area contributed by atoms with Crippen molar-refractivity contribution in [3.05, 3.63) is 29.8 Å². The summed E-state index contributed by atoms with van der Waals surface area (Å²) < 4.78 is 12.9. The van der Waals surface area contributed by atoms with E-state index in [2.05, 4.69) is 45.1 Å². The van der Waals surface area contributed by atoms with Crippen molar-refractivity contribution in [2.75, 3.05) is 6.54 Å². The van der Waals surface area contributed by atoms with Gasteiger partial charge in [0.25, 0.3) is 0 Å². The highest BCUT2D eigenvalue weighted by molar-refractivity contribution is 7.85. The number of aryl methyl sites for hydroxylation is 1. The Morgan fingerprint density at radius 3 is 2.50 bits per heavy atom. The van der Waals surface area contributed by atoms with Gasteiger partial charge in [0.2, 0.25) is 0 Å². The zero-order valence-corrected chi connectivity index (χ0v) is 14.1. The Hall–Kier alpha value is -0.670. The zero-order valence-electron chi connectivity index (χ0n) is 13.3. The van der Waals surface area contributed by atoms with Crippen LogP contribution in [0.5, 0.6) is 0 Å². The molecule has 0 bridgehead atoms. The lowest BCUT2D eigenvalue weighted by Crippen LogP contribution is -2.42. The molecule has 0 aliphatic heterocycles. The van der Waals surface area contributed by atoms with Crippen molar-refractivity contribution < 1.29 is 4.21 Å². The Morgan fingerprint density at radius 2 is 1.95 bits per heavy atom. The largest absolute Gasteiger partial charge is 0.313 e. The maximum absolute atomic E-state index is 12.9. The van der Waals surface area contributed by atoms with E-state index in [-0.39, 0.29) is 5.25 Å². The molecule has 0 heterocycles. The van der Waals surface area contributed by atoms with Gasteiger partial charge >= 0.3 is 0 Å². The van der Waals surface area contributed by atoms with Gasteiger partial charge in [0.05, 0.1) is 16.0 Å². The monoisotopic (exact) mass is 295 g/mol. The molecule has 1 rings (SSSR count). The Bertz CT molecular complexity index is 419. The lowest BCUT2D eigenvalue weighted by atomic mass is 10.1. The third-order valence-corrected chi connectivity index (χ3v) is 5.53. The summed E-state index contributed by atoms with van der Waals surface area (Å²) in [6, 6.07) is 8.46. The summed E-state index contributed by atoms with van der Waals surface area (Å²) >= 11 is 0. The van der Waals surface area contributed by atoms with Crippen LogP contribution < -0.4 is 5.32 Å². The van der Waals surface area contributed by atoms with E-state index in [1.165, 1.54) is 5.56 Å². The first-order chi connectivity index (χ1) is 9.63. The van der Waals surface area contributed by atoms with Gasteiger partial charge in [-0.3, -0.25) is 4.21 Å². The average Bonchev–Trinajstić information content (AvgIpc) is 2.45. The lowest BCUT2D eigenvalue weighted by Gasteiger charge is -2.26. The number of hydrogen-bond donors (Lipinski definition) is 1. The fourth-order valence-electron chi connectivity index (χ4n) is 2.56. The van der Waals surface area contributed by atoms with Crippen LogP contribution >= 0.6 is 0 Å². The van der Waals surface area contributed by atoms with E-state index in [1.807, 2.05) is 12.1 Å². The molecule has 3 heteroatoms. The molecule has 0 saturated heterocycles. The molecule has 0 saturated carbocycles. The van der Waals surface area contributed by atoms with Crippen molar-refractivity contribution in [2.45, 2.75) is 69.6 Å². The second-order valence-electron chi connectivity index (χ2n) is 5.41. The average molecular weight is 295 g/mol. The lowest BCUT2D eigenvalue weighted by molar-refractivity contribution is 0.447. The van der Waals surface area contributed by atoms with Gasteiger partial charge < -0.3 is 5.32 Å². The maximum Gasteiger partial charge on any atom is 0.0576 e. The van der Waals surface area contributed by atoms with Crippen LogP contribution in [0.1, 0.15) is 52.0 Å². The highest BCUT2D eigenvalue weighted by Crippen LogP contribution is 2.20. The van der Waals surface area contributed by atoms with Crippen molar-refractivity contribution in [3.63, 3.8) is 0 Å². The minimum atomic E-state index is -0.929. The van der Waals surface area contributed by atoms with Crippen molar-refractivity contribution in [2.24, 2.45) is 0 Å². The first-order valence-electron chi connectivity index (χ1n) is 7.84. The van der Waals surface area contributed by atoms with Crippen LogP contribution in [0.15, 0.2) is 29.2 Å². The molecule has 3 atom stereocenters. The standard InChI is InChI=1S/C17H29NOS/c1-5-9-16(18-12-6-2)17(7-3)20(19)15-11-8-10-14(4)13-15/h8,10-11,13,16-18H,5-7,9,12H2,1-4H3. The molecule has 1 aromatic carbocycles. The first kappa shape index (κ1) is 17.4. The van der Waals surface area contributed by atoms with E-state index in [0.29, 0.717) is 6.04 Å². The van der Waals surface area contributed by atoms with Crippen LogP contribution in [-0.4, -0.2) is 22.0 Å². The van der Waals surface area contributed by atoms with Gasteiger partial charge in [-0.05, 0) is 50.4 Å². The summed E-state index contributed by atoms with van der Waals surface area (Å²) in [7, 11) is -0.929. The maximum atomic E-state index is 12.9. The fraction of sp³-hybridized carbons (Fsp3) is 0.647. The molecule has 0 amide bonds. The summed E-state index contributed by atoms with van der Waals surface area (Å²) in [6.07, 6.45) is 4.29. The van der Waals surface area contributed by atoms with Crippen LogP contribution in [0.4, 0.5) is 0 Å². The van der Waals surface area contributed by atoms with E-state index in [9.17, 15) is 4.21 Å². The predicted octanol–water partition coefficient (Wildman–Crippen LogP) is 4.05. The normalized spacial score (nSPS) is 15.8. The van der Waals surface area contributed by atoms with Crippen molar-refractivity contribution in [1.82, 2.24) is 5.32 Å². The zero-order chi connectivity index (χ0) is 15.0. The molecule has 114 valence electrons. The highest BCUT2D eigenvalue weighted by atomic mass is 32.2. The summed E-state index contributed by atoms with van der Waals surface area (Å²) in [4.78, 5) is 0.969. The van der Waals surface area contributed by atoms with Gasteiger partial charge in [-0.25, -0.2) is 0 Å². The Labute approximate surface area is 126 Å². The van der Waals surface area contributed by atoms with E-state index in [4.69, 9.17) is 0 Å². The second kappa shape index (κ2) is 9.30. The molecule has 20 heavy (non-hydrogen) atoms. The van der Waals surface area contributed by atoms with Crippen LogP contribution in [0, 0.1) is 6.92 Å². The summed E-state index contributed by atoms with van der Waals surface area (Å²) in [5.74, 6) is 0. The van der Waals surface area contributed by atoms with E-state index in [0.717, 1.165) is 37.1 Å². The summed E-state index contributed by atoms with van der Waals surface area (Å²) in [5.41, 5.74) is 1.18. The van der Waals surface area contributed by atoms with Gasteiger partial charge in [0.1, 0.15) is 0 Å². The quantitative estimate of drug-likeness (QED) is 0.744. The highest BCUT2D eigenvalue weighted by Gasteiger charge is 2.25. The van der Waals surface area contributed by atoms with Gasteiger partial charge in [0, 0.05) is 10.9 Å². The summed E-state index contributed by atoms with van der Waals surface area (Å²) in [5, 5.41) is 3.79. The van der Waals surface area contributed by atoms with Crippen molar-refractivity contribution >= 4 is 10.8 Å². The van der Waals surface area contributed by atoms with E-state index < -0.39 is 10.8 Å². The molecule has 0 aliphatic rings. The Morgan fingerprint density at radius 1 is 1.20 bits per heavy atom. The van der Waals surface area contributed by atoms with Crippen molar-refractivity contribution in [1.29, 1.82) is 0 Å². The fourth-order valence-corrected chi connectivity index (χ4v) is 4.26. The van der Waals surface area contributed by atoms with Crippen molar-refractivity contribution in [3.8, 4) is 0 Å². The minimum Gasteiger partial charge on any atom is -0.313 e. The number of benzene rings is 1. The molecule has 0 fully saturated rings. The number of nitrogens with one attached hydrogen (secondary N) is 1. The van der Waals surface area contributed by atoms with Crippen LogP contribution in [0.2, 0.25) is 0 Å². The number of rotatable bonds is 9. The second-order valence-corrected chi connectivity index (χ2v) is 7.08. The van der Waals surface area contributed by atoms with E-state index in [1.54, 1.807) is 0 Å². The van der Waals surface area contributed by atoms with Gasteiger partial charge in [-0.1, -0.05) is 39.3 Å². The first-order valence-corrected chi connectivity index (χ1v) is 9.05. The van der Waals surface area contributed by atoms with Crippen LogP contribution in [0.3, 0.4) is 0 Å². The molecule has 0 spiro atoms. The van der Waals surface area contributed by atoms with E-state index >= 15 is 0 Å². The third kappa shape index (κ3) is 5.02. The molecule has 1 aromatic rings. The minimum absolute atomic E-state index is 0.197. The topological polar surface area (TPSA) is 29.1 Å². The van der Waals surface area contributed by atoms with Gasteiger partial charge in [-0.15, -0.1) is 0 Å². The summed E-state index contributed by atoms with van der Waals surface area (Å²) in [6.45, 7) is 9.58. The molecular weight excluding hydrogens is 266 g/mol. The van der Waals surface area contributed by atoms with Gasteiger partial charge in [-0.2, -0.15) is 0 Å². The molecule has 0 aromatic heterocycles. The van der Waals surface area contributed by atoms with Crippen LogP contribution in [0.25, 0.3) is 0 Å². The Kier molecular flexibility index (Phi) is 8.08. The van der Waals surface area contributed by atoms with Crippen LogP contribution in [-0.2, 0) is 10.8 Å². The molecule has 0 aliphatic carbocycles. The molecular formula is C17H29NOS. The molecule has 1 N–H and O–H groups in total. The van der Waals surface area contributed by atoms with Gasteiger partial charge in [0.15, 0.2) is 0 Å². The molecule has 3 unspecified atom stereocenters. The predicted molar refractivity (Wildman–Crippen MR) is 88.7 cm³/mol. The SMILES string of the molecule is CCCNC(CCC)C(CC)S(=O)c1cccc(C)c1. The Balaban J connectivity index is 2.88. The molecule has 2 nitrogen and oxygen atoms in total. The third-order valence-electron chi connectivity index (χ3n) is 3.60. The molecule has 0 radical (unpaired) electrons. The number of hydrogen-bond acceptors (Lipinski definition) is 2.